The van der Waals surface area contributed by atoms with Crippen molar-refractivity contribution in [2.45, 2.75) is 26.4 Å². The van der Waals surface area contributed by atoms with E-state index in [0.717, 1.165) is 53.6 Å². The van der Waals surface area contributed by atoms with Crippen molar-refractivity contribution in [2.24, 2.45) is 0 Å². The fourth-order valence-electron chi connectivity index (χ4n) is 5.96. The molecule has 1 saturated heterocycles. The number of rotatable bonds is 11. The van der Waals surface area contributed by atoms with E-state index in [9.17, 15) is 4.79 Å². The molecule has 8 nitrogen and oxygen atoms in total. The number of aromatic amines is 1. The number of nitrogens with zero attached hydrogens (tertiary/aromatic N) is 4. The van der Waals surface area contributed by atoms with Gasteiger partial charge in [0.15, 0.2) is 0 Å². The fourth-order valence-corrected chi connectivity index (χ4v) is 6.77. The van der Waals surface area contributed by atoms with Crippen LogP contribution in [0, 0.1) is 6.92 Å². The highest BCUT2D eigenvalue weighted by Gasteiger charge is 2.25. The third-order valence-corrected chi connectivity index (χ3v) is 9.25. The number of carbonyl (C=O) groups excluding carboxylic acids is 1. The predicted molar refractivity (Wildman–Crippen MR) is 177 cm³/mol. The molecule has 1 fully saturated rings. The third-order valence-electron chi connectivity index (χ3n) is 8.41. The zero-order valence-electron chi connectivity index (χ0n) is 25.6. The van der Waals surface area contributed by atoms with Crippen LogP contribution in [0.25, 0.3) is 10.9 Å². The van der Waals surface area contributed by atoms with Crippen molar-refractivity contribution in [3.05, 3.63) is 106 Å². The van der Waals surface area contributed by atoms with E-state index in [1.807, 2.05) is 22.4 Å². The van der Waals surface area contributed by atoms with Crippen molar-refractivity contribution in [3.63, 3.8) is 0 Å². The largest absolute Gasteiger partial charge is 0.497 e. The average Bonchev–Trinajstić information content (AvgIpc) is 3.71. The number of fused-ring (bicyclic) bond motifs is 1. The molecule has 0 aliphatic carbocycles. The first-order chi connectivity index (χ1) is 21.5. The van der Waals surface area contributed by atoms with Gasteiger partial charge in [0.2, 0.25) is 0 Å². The van der Waals surface area contributed by atoms with Gasteiger partial charge in [-0.2, -0.15) is 0 Å². The van der Waals surface area contributed by atoms with E-state index >= 15 is 0 Å². The molecule has 228 valence electrons. The Bertz CT molecular complexity index is 1720. The molecular weight excluding hydrogens is 570 g/mol. The van der Waals surface area contributed by atoms with Crippen LogP contribution < -0.4 is 14.4 Å². The second kappa shape index (κ2) is 13.5. The van der Waals surface area contributed by atoms with Crippen molar-refractivity contribution < 1.29 is 14.3 Å². The Hall–Kier alpha value is -4.34. The molecule has 3 heterocycles. The zero-order chi connectivity index (χ0) is 30.5. The lowest BCUT2D eigenvalue weighted by Gasteiger charge is -2.36. The summed E-state index contributed by atoms with van der Waals surface area (Å²) in [7, 11) is 3.35. The van der Waals surface area contributed by atoms with Gasteiger partial charge in [-0.3, -0.25) is 9.69 Å². The summed E-state index contributed by atoms with van der Waals surface area (Å²) >= 11 is 1.55. The van der Waals surface area contributed by atoms with Crippen LogP contribution in [-0.4, -0.2) is 72.6 Å². The quantitative estimate of drug-likeness (QED) is 0.194. The lowest BCUT2D eigenvalue weighted by atomic mass is 10.1. The number of anilines is 1. The number of piperazine rings is 1. The molecule has 1 aliphatic rings. The molecule has 0 spiro atoms. The minimum absolute atomic E-state index is 0.0131. The summed E-state index contributed by atoms with van der Waals surface area (Å²) in [4.78, 5) is 28.4. The van der Waals surface area contributed by atoms with Crippen LogP contribution in [0.2, 0.25) is 0 Å². The molecule has 44 heavy (non-hydrogen) atoms. The Morgan fingerprint density at radius 3 is 2.55 bits per heavy atom. The maximum Gasteiger partial charge on any atom is 0.273 e. The molecule has 1 amide bonds. The van der Waals surface area contributed by atoms with E-state index in [2.05, 4.69) is 82.5 Å². The van der Waals surface area contributed by atoms with Gasteiger partial charge in [0, 0.05) is 79.1 Å². The average molecular weight is 610 g/mol. The molecule has 1 N–H and O–H groups in total. The molecular formula is C35H39N5O3S. The molecule has 0 atom stereocenters. The van der Waals surface area contributed by atoms with Crippen molar-refractivity contribution in [3.8, 4) is 11.5 Å². The molecule has 0 bridgehead atoms. The normalized spacial score (nSPS) is 13.5. The van der Waals surface area contributed by atoms with E-state index in [0.29, 0.717) is 31.9 Å². The Balaban J connectivity index is 1.15. The van der Waals surface area contributed by atoms with Gasteiger partial charge in [0.05, 0.1) is 20.8 Å². The van der Waals surface area contributed by atoms with Gasteiger partial charge in [-0.25, -0.2) is 4.98 Å². The van der Waals surface area contributed by atoms with Gasteiger partial charge in [-0.15, -0.1) is 11.3 Å². The molecule has 5 aromatic rings. The van der Waals surface area contributed by atoms with Crippen LogP contribution in [0.15, 0.2) is 78.3 Å². The van der Waals surface area contributed by atoms with Gasteiger partial charge in [0.25, 0.3) is 5.91 Å². The minimum Gasteiger partial charge on any atom is -0.497 e. The van der Waals surface area contributed by atoms with Crippen molar-refractivity contribution in [1.29, 1.82) is 0 Å². The highest BCUT2D eigenvalue weighted by atomic mass is 32.1. The molecule has 6 rings (SSSR count). The van der Waals surface area contributed by atoms with Gasteiger partial charge < -0.3 is 24.3 Å². The third kappa shape index (κ3) is 6.59. The second-order valence-electron chi connectivity index (χ2n) is 11.2. The summed E-state index contributed by atoms with van der Waals surface area (Å²) in [6.07, 6.45) is 2.99. The van der Waals surface area contributed by atoms with Crippen molar-refractivity contribution >= 4 is 33.8 Å². The maximum absolute atomic E-state index is 13.5. The van der Waals surface area contributed by atoms with Crippen LogP contribution >= 0.6 is 11.3 Å². The number of thiazole rings is 1. The summed E-state index contributed by atoms with van der Waals surface area (Å²) in [5, 5.41) is 4.09. The summed E-state index contributed by atoms with van der Waals surface area (Å²) < 4.78 is 11.1. The smallest absolute Gasteiger partial charge is 0.273 e. The van der Waals surface area contributed by atoms with Crippen LogP contribution in [0.3, 0.4) is 0 Å². The second-order valence-corrected chi connectivity index (χ2v) is 12.1. The number of H-pyrrole nitrogens is 1. The highest BCUT2D eigenvalue weighted by Crippen LogP contribution is 2.28. The van der Waals surface area contributed by atoms with E-state index < -0.39 is 0 Å². The Kier molecular flexibility index (Phi) is 9.14. The number of hydrogen-bond donors (Lipinski definition) is 1. The molecule has 1 aliphatic heterocycles. The summed E-state index contributed by atoms with van der Waals surface area (Å²) in [5.74, 6) is 1.57. The van der Waals surface area contributed by atoms with Gasteiger partial charge in [0.1, 0.15) is 22.2 Å². The number of carbonyl (C=O) groups is 1. The van der Waals surface area contributed by atoms with E-state index in [1.54, 1.807) is 25.6 Å². The number of nitrogens with one attached hydrogen (secondary N) is 1. The molecule has 0 radical (unpaired) electrons. The van der Waals surface area contributed by atoms with Crippen LogP contribution in [-0.2, 0) is 19.5 Å². The van der Waals surface area contributed by atoms with E-state index in [-0.39, 0.29) is 5.91 Å². The molecule has 9 heteroatoms. The monoisotopic (exact) mass is 609 g/mol. The molecule has 3 aromatic carbocycles. The maximum atomic E-state index is 13.5. The Labute approximate surface area is 262 Å². The summed E-state index contributed by atoms with van der Waals surface area (Å²) in [6, 6.07) is 22.8. The minimum atomic E-state index is 0.0131. The van der Waals surface area contributed by atoms with Crippen LogP contribution in [0.4, 0.5) is 5.69 Å². The highest BCUT2D eigenvalue weighted by molar-refractivity contribution is 7.09. The number of aryl methyl sites for hydroxylation is 1. The number of hydrogen-bond acceptors (Lipinski definition) is 7. The number of ether oxygens (including phenoxy) is 2. The summed E-state index contributed by atoms with van der Waals surface area (Å²) in [5.41, 5.74) is 6.55. The first-order valence-electron chi connectivity index (χ1n) is 15.0. The zero-order valence-corrected chi connectivity index (χ0v) is 26.4. The van der Waals surface area contributed by atoms with Gasteiger partial charge in [-0.05, 0) is 42.7 Å². The van der Waals surface area contributed by atoms with E-state index in [4.69, 9.17) is 14.5 Å². The number of aromatic nitrogens is 2. The van der Waals surface area contributed by atoms with Crippen molar-refractivity contribution in [1.82, 2.24) is 19.8 Å². The van der Waals surface area contributed by atoms with Crippen LogP contribution in [0.5, 0.6) is 11.5 Å². The SMILES string of the molecule is COc1ccc(CN(CCc2c[nH]c3ccccc23)Cc2nc(C(=O)N3CCN(c4ccccc4C)CC3)cs2)c(OC)c1. The molecule has 0 unspecified atom stereocenters. The summed E-state index contributed by atoms with van der Waals surface area (Å²) in [6.45, 7) is 7.29. The van der Waals surface area contributed by atoms with Gasteiger partial charge >= 0.3 is 0 Å². The number of para-hydroxylation sites is 2. The lowest BCUT2D eigenvalue weighted by molar-refractivity contribution is 0.0741. The number of methoxy groups -OCH3 is 2. The lowest BCUT2D eigenvalue weighted by Crippen LogP contribution is -2.49. The standard InChI is InChI=1S/C35H39N5O3S/c1-25-8-4-7-11-32(25)39-16-18-40(19-17-39)35(41)31-24-44-34(37-31)23-38(22-27-12-13-28(42-2)20-33(27)43-3)15-14-26-21-36-30-10-6-5-9-29(26)30/h4-13,20-21,24,36H,14-19,22-23H2,1-3H3. The number of amides is 1. The fraction of sp³-hybridized carbons (Fsp3) is 0.314. The number of benzene rings is 3. The molecule has 2 aromatic heterocycles. The Morgan fingerprint density at radius 2 is 1.75 bits per heavy atom. The van der Waals surface area contributed by atoms with Crippen LogP contribution in [0.1, 0.15) is 32.2 Å². The first-order valence-corrected chi connectivity index (χ1v) is 15.9. The Morgan fingerprint density at radius 1 is 0.955 bits per heavy atom. The van der Waals surface area contributed by atoms with Crippen molar-refractivity contribution in [2.75, 3.05) is 51.8 Å². The van der Waals surface area contributed by atoms with Gasteiger partial charge in [-0.1, -0.05) is 42.5 Å². The predicted octanol–water partition coefficient (Wildman–Crippen LogP) is 6.16. The van der Waals surface area contributed by atoms with E-state index in [1.165, 1.54) is 22.2 Å². The topological polar surface area (TPSA) is 73.9 Å². The first kappa shape index (κ1) is 29.7. The molecule has 0 saturated carbocycles.